The monoisotopic (exact) mass is 574 g/mol. The maximum Gasteiger partial charge on any atom is 0.321 e. The standard InChI is InChI=1S/C27H28Cl2N4O4S/c1-5-33(6-2)26(35)30-18-11-13-19(14-12-18)38(36,37)23-16-17(28)15-21-24(23)31-25(34)27(21,32(3)4)20-9-7-8-10-22(20)29/h7-16H,5-6H2,1-4H3,(H,30,35)(H,31,34). The molecule has 1 unspecified atom stereocenters. The van der Waals surface area contributed by atoms with Crippen LogP contribution in [0.15, 0.2) is 70.5 Å². The summed E-state index contributed by atoms with van der Waals surface area (Å²) in [6.07, 6.45) is 0. The van der Waals surface area contributed by atoms with Gasteiger partial charge in [-0.1, -0.05) is 41.4 Å². The first-order valence-corrected chi connectivity index (χ1v) is 14.2. The number of urea groups is 1. The van der Waals surface area contributed by atoms with Crippen LogP contribution in [0.3, 0.4) is 0 Å². The molecule has 4 rings (SSSR count). The second-order valence-corrected chi connectivity index (χ2v) is 11.8. The number of sulfone groups is 1. The zero-order valence-corrected chi connectivity index (χ0v) is 23.7. The Bertz CT molecular complexity index is 1510. The van der Waals surface area contributed by atoms with Crippen LogP contribution in [0.25, 0.3) is 0 Å². The third-order valence-corrected chi connectivity index (χ3v) is 9.06. The average Bonchev–Trinajstić information content (AvgIpc) is 3.17. The first-order valence-electron chi connectivity index (χ1n) is 12.0. The van der Waals surface area contributed by atoms with Crippen LogP contribution in [0.4, 0.5) is 16.2 Å². The number of benzene rings is 3. The van der Waals surface area contributed by atoms with Crippen molar-refractivity contribution < 1.29 is 18.0 Å². The summed E-state index contributed by atoms with van der Waals surface area (Å²) in [5.41, 5.74) is 0.0841. The fourth-order valence-electron chi connectivity index (χ4n) is 4.80. The quantitative estimate of drug-likeness (QED) is 0.390. The van der Waals surface area contributed by atoms with Crippen molar-refractivity contribution in [1.82, 2.24) is 9.80 Å². The molecule has 3 aromatic carbocycles. The topological polar surface area (TPSA) is 98.8 Å². The number of halogens is 2. The normalized spacial score (nSPS) is 16.8. The number of fused-ring (bicyclic) bond motifs is 1. The summed E-state index contributed by atoms with van der Waals surface area (Å²) in [4.78, 5) is 29.1. The number of anilines is 2. The Labute approximate surface area is 232 Å². The summed E-state index contributed by atoms with van der Waals surface area (Å²) in [5, 5.41) is 6.06. The summed E-state index contributed by atoms with van der Waals surface area (Å²) in [5.74, 6) is -0.446. The molecule has 38 heavy (non-hydrogen) atoms. The zero-order chi connectivity index (χ0) is 27.8. The SMILES string of the molecule is CCN(CC)C(=O)Nc1ccc(S(=O)(=O)c2cc(Cl)cc3c2NC(=O)C3(c2ccccc2Cl)N(C)C)cc1. The van der Waals surface area contributed by atoms with Gasteiger partial charge in [0.05, 0.1) is 15.5 Å². The zero-order valence-electron chi connectivity index (χ0n) is 21.4. The predicted molar refractivity (Wildman–Crippen MR) is 150 cm³/mol. The molecule has 8 nitrogen and oxygen atoms in total. The number of rotatable bonds is 7. The number of hydrogen-bond donors (Lipinski definition) is 2. The Morgan fingerprint density at radius 1 is 0.974 bits per heavy atom. The number of nitrogens with one attached hydrogen (secondary N) is 2. The molecule has 1 aliphatic rings. The van der Waals surface area contributed by atoms with E-state index < -0.39 is 21.3 Å². The summed E-state index contributed by atoms with van der Waals surface area (Å²) in [6.45, 7) is 4.83. The van der Waals surface area contributed by atoms with E-state index in [9.17, 15) is 18.0 Å². The van der Waals surface area contributed by atoms with Crippen LogP contribution in [-0.2, 0) is 20.2 Å². The average molecular weight is 576 g/mol. The van der Waals surface area contributed by atoms with Gasteiger partial charge in [0.15, 0.2) is 5.54 Å². The molecule has 1 atom stereocenters. The van der Waals surface area contributed by atoms with Gasteiger partial charge in [0, 0.05) is 39.9 Å². The van der Waals surface area contributed by atoms with E-state index in [0.717, 1.165) is 0 Å². The third kappa shape index (κ3) is 4.53. The van der Waals surface area contributed by atoms with Crippen LogP contribution in [-0.4, -0.2) is 57.3 Å². The number of amides is 3. The minimum atomic E-state index is -4.12. The highest BCUT2D eigenvalue weighted by atomic mass is 35.5. The minimum absolute atomic E-state index is 0.0165. The van der Waals surface area contributed by atoms with E-state index in [4.69, 9.17) is 23.2 Å². The van der Waals surface area contributed by atoms with Gasteiger partial charge in [0.1, 0.15) is 0 Å². The lowest BCUT2D eigenvalue weighted by Crippen LogP contribution is -2.48. The van der Waals surface area contributed by atoms with Crippen molar-refractivity contribution in [2.45, 2.75) is 29.2 Å². The van der Waals surface area contributed by atoms with Gasteiger partial charge in [0.2, 0.25) is 9.84 Å². The van der Waals surface area contributed by atoms with Crippen LogP contribution in [0.1, 0.15) is 25.0 Å². The molecule has 200 valence electrons. The molecule has 0 saturated carbocycles. The highest BCUT2D eigenvalue weighted by Crippen LogP contribution is 2.50. The third-order valence-electron chi connectivity index (χ3n) is 6.71. The lowest BCUT2D eigenvalue weighted by atomic mass is 9.82. The largest absolute Gasteiger partial charge is 0.325 e. The molecule has 1 aliphatic heterocycles. The second kappa shape index (κ2) is 10.6. The van der Waals surface area contributed by atoms with Crippen molar-refractivity contribution in [3.05, 3.63) is 81.8 Å². The van der Waals surface area contributed by atoms with E-state index in [1.807, 2.05) is 13.8 Å². The number of carbonyl (C=O) groups excluding carboxylic acids is 2. The number of likely N-dealkylation sites (N-methyl/N-ethyl adjacent to an activating group) is 1. The van der Waals surface area contributed by atoms with Crippen LogP contribution in [0.2, 0.25) is 10.0 Å². The molecule has 0 spiro atoms. The van der Waals surface area contributed by atoms with E-state index >= 15 is 0 Å². The lowest BCUT2D eigenvalue weighted by Gasteiger charge is -2.35. The maximum atomic E-state index is 13.8. The molecule has 3 aromatic rings. The first-order chi connectivity index (χ1) is 18.0. The van der Waals surface area contributed by atoms with Crippen molar-refractivity contribution in [3.8, 4) is 0 Å². The van der Waals surface area contributed by atoms with Crippen molar-refractivity contribution in [2.75, 3.05) is 37.8 Å². The Balaban J connectivity index is 1.81. The van der Waals surface area contributed by atoms with E-state index in [2.05, 4.69) is 10.6 Å². The van der Waals surface area contributed by atoms with Crippen LogP contribution in [0.5, 0.6) is 0 Å². The second-order valence-electron chi connectivity index (χ2n) is 9.00. The molecule has 0 bridgehead atoms. The molecule has 2 N–H and O–H groups in total. The highest BCUT2D eigenvalue weighted by Gasteiger charge is 2.53. The molecule has 0 fully saturated rings. The maximum absolute atomic E-state index is 13.8. The summed E-state index contributed by atoms with van der Waals surface area (Å²) in [6, 6.07) is 15.4. The Morgan fingerprint density at radius 3 is 2.18 bits per heavy atom. The molecular formula is C27H28Cl2N4O4S. The molecule has 0 aromatic heterocycles. The van der Waals surface area contributed by atoms with Gasteiger partial charge in [-0.15, -0.1) is 0 Å². The van der Waals surface area contributed by atoms with Crippen LogP contribution in [0, 0.1) is 0 Å². The van der Waals surface area contributed by atoms with Crippen molar-refractivity contribution in [3.63, 3.8) is 0 Å². The Hall–Kier alpha value is -3.11. The molecule has 1 heterocycles. The molecule has 0 radical (unpaired) electrons. The van der Waals surface area contributed by atoms with E-state index in [1.165, 1.54) is 30.3 Å². The van der Waals surface area contributed by atoms with Crippen molar-refractivity contribution >= 4 is 56.4 Å². The fraction of sp³-hybridized carbons (Fsp3) is 0.259. The molecule has 0 saturated heterocycles. The molecular weight excluding hydrogens is 547 g/mol. The summed E-state index contributed by atoms with van der Waals surface area (Å²) >= 11 is 13.0. The van der Waals surface area contributed by atoms with E-state index in [1.54, 1.807) is 54.2 Å². The van der Waals surface area contributed by atoms with Gasteiger partial charge < -0.3 is 15.5 Å². The lowest BCUT2D eigenvalue weighted by molar-refractivity contribution is -0.123. The molecule has 0 aliphatic carbocycles. The Kier molecular flexibility index (Phi) is 7.76. The molecule has 3 amide bonds. The van der Waals surface area contributed by atoms with Gasteiger partial charge in [-0.25, -0.2) is 13.2 Å². The van der Waals surface area contributed by atoms with Crippen LogP contribution >= 0.6 is 23.2 Å². The minimum Gasteiger partial charge on any atom is -0.325 e. The van der Waals surface area contributed by atoms with Crippen LogP contribution < -0.4 is 10.6 Å². The predicted octanol–water partition coefficient (Wildman–Crippen LogP) is 5.46. The van der Waals surface area contributed by atoms with Gasteiger partial charge >= 0.3 is 6.03 Å². The summed E-state index contributed by atoms with van der Waals surface area (Å²) < 4.78 is 27.7. The number of nitrogens with zero attached hydrogens (tertiary/aromatic N) is 2. The number of carbonyl (C=O) groups is 2. The van der Waals surface area contributed by atoms with E-state index in [-0.39, 0.29) is 26.5 Å². The van der Waals surface area contributed by atoms with Gasteiger partial charge in [-0.3, -0.25) is 9.69 Å². The van der Waals surface area contributed by atoms with Gasteiger partial charge in [-0.05, 0) is 70.4 Å². The fourth-order valence-corrected chi connectivity index (χ4v) is 6.81. The smallest absolute Gasteiger partial charge is 0.321 e. The van der Waals surface area contributed by atoms with E-state index in [0.29, 0.717) is 34.9 Å². The summed E-state index contributed by atoms with van der Waals surface area (Å²) in [7, 11) is -0.682. The first kappa shape index (κ1) is 27.9. The number of hydrogen-bond acceptors (Lipinski definition) is 5. The van der Waals surface area contributed by atoms with Gasteiger partial charge in [-0.2, -0.15) is 0 Å². The molecule has 11 heteroatoms. The Morgan fingerprint density at radius 2 is 1.61 bits per heavy atom. The van der Waals surface area contributed by atoms with Gasteiger partial charge in [0.25, 0.3) is 5.91 Å². The highest BCUT2D eigenvalue weighted by molar-refractivity contribution is 7.91. The van der Waals surface area contributed by atoms with Crippen molar-refractivity contribution in [2.24, 2.45) is 0 Å². The van der Waals surface area contributed by atoms with Crippen molar-refractivity contribution in [1.29, 1.82) is 0 Å².